The maximum absolute atomic E-state index is 12.4. The van der Waals surface area contributed by atoms with Gasteiger partial charge in [0.15, 0.2) is 5.13 Å². The second-order valence-corrected chi connectivity index (χ2v) is 8.46. The number of amides is 1. The number of halogens is 1. The number of aryl methyl sites for hydroxylation is 2. The van der Waals surface area contributed by atoms with Crippen LogP contribution < -0.4 is 9.62 Å². The second kappa shape index (κ2) is 6.46. The fourth-order valence-corrected chi connectivity index (χ4v) is 3.58. The van der Waals surface area contributed by atoms with Gasteiger partial charge < -0.3 is 5.32 Å². The summed E-state index contributed by atoms with van der Waals surface area (Å²) in [5.41, 5.74) is 1.95. The van der Waals surface area contributed by atoms with E-state index in [1.807, 2.05) is 6.92 Å². The van der Waals surface area contributed by atoms with Crippen molar-refractivity contribution >= 4 is 49.7 Å². The normalized spacial score (nSPS) is 11.3. The predicted octanol–water partition coefficient (Wildman–Crippen LogP) is 3.06. The van der Waals surface area contributed by atoms with Gasteiger partial charge in [0.05, 0.1) is 11.9 Å². The Morgan fingerprint density at radius 1 is 1.35 bits per heavy atom. The van der Waals surface area contributed by atoms with Crippen molar-refractivity contribution in [1.82, 2.24) is 4.98 Å². The molecule has 124 valence electrons. The molecule has 0 aliphatic heterocycles. The molecular weight excluding hydrogens is 358 g/mol. The highest BCUT2D eigenvalue weighted by Crippen LogP contribution is 2.28. The number of sulfonamides is 1. The zero-order valence-electron chi connectivity index (χ0n) is 13.0. The summed E-state index contributed by atoms with van der Waals surface area (Å²) < 4.78 is 24.2. The Morgan fingerprint density at radius 2 is 2.00 bits per heavy atom. The third-order valence-electron chi connectivity index (χ3n) is 3.19. The van der Waals surface area contributed by atoms with Crippen LogP contribution in [0, 0.1) is 13.8 Å². The lowest BCUT2D eigenvalue weighted by Crippen LogP contribution is -2.24. The molecule has 0 atom stereocenters. The number of hydrogen-bond acceptors (Lipinski definition) is 5. The van der Waals surface area contributed by atoms with Crippen LogP contribution in [0.3, 0.4) is 0 Å². The standard InChI is InChI=1S/C14H16ClN3O3S2/c1-8-5-6-10(7-11(8)15)17-13(19)12-9(2)16-14(22-12)18(3)23(4,20)21/h5-7H,1-4H3,(H,17,19). The molecule has 0 aliphatic rings. The van der Waals surface area contributed by atoms with E-state index in [9.17, 15) is 13.2 Å². The van der Waals surface area contributed by atoms with Crippen molar-refractivity contribution in [3.63, 3.8) is 0 Å². The van der Waals surface area contributed by atoms with Gasteiger partial charge in [0.1, 0.15) is 4.88 Å². The van der Waals surface area contributed by atoms with Crippen LogP contribution in [0.2, 0.25) is 5.02 Å². The van der Waals surface area contributed by atoms with Crippen LogP contribution in [0.1, 0.15) is 20.9 Å². The van der Waals surface area contributed by atoms with Crippen molar-refractivity contribution in [3.8, 4) is 0 Å². The van der Waals surface area contributed by atoms with E-state index in [1.54, 1.807) is 25.1 Å². The lowest BCUT2D eigenvalue weighted by molar-refractivity contribution is 0.103. The molecule has 23 heavy (non-hydrogen) atoms. The number of nitrogens with zero attached hydrogens (tertiary/aromatic N) is 2. The van der Waals surface area contributed by atoms with E-state index < -0.39 is 10.0 Å². The summed E-state index contributed by atoms with van der Waals surface area (Å²) in [5.74, 6) is -0.354. The van der Waals surface area contributed by atoms with Gasteiger partial charge in [-0.25, -0.2) is 17.7 Å². The molecule has 2 rings (SSSR count). The number of thiazole rings is 1. The Balaban J connectivity index is 2.26. The topological polar surface area (TPSA) is 79.4 Å². The quantitative estimate of drug-likeness (QED) is 0.893. The van der Waals surface area contributed by atoms with Crippen LogP contribution in [-0.2, 0) is 10.0 Å². The number of aromatic nitrogens is 1. The molecule has 1 N–H and O–H groups in total. The zero-order valence-corrected chi connectivity index (χ0v) is 15.4. The van der Waals surface area contributed by atoms with Gasteiger partial charge in [-0.3, -0.25) is 4.79 Å². The van der Waals surface area contributed by atoms with Gasteiger partial charge in [-0.2, -0.15) is 0 Å². The Bertz CT molecular complexity index is 862. The molecule has 1 aromatic heterocycles. The van der Waals surface area contributed by atoms with Crippen LogP contribution in [-0.4, -0.2) is 32.6 Å². The van der Waals surface area contributed by atoms with E-state index in [4.69, 9.17) is 11.6 Å². The molecule has 0 spiro atoms. The summed E-state index contributed by atoms with van der Waals surface area (Å²) in [6, 6.07) is 5.22. The average Bonchev–Trinajstić information content (AvgIpc) is 2.83. The van der Waals surface area contributed by atoms with Gasteiger partial charge in [-0.1, -0.05) is 29.0 Å². The van der Waals surface area contributed by atoms with Crippen molar-refractivity contribution < 1.29 is 13.2 Å². The highest BCUT2D eigenvalue weighted by atomic mass is 35.5. The fourth-order valence-electron chi connectivity index (χ4n) is 1.73. The zero-order chi connectivity index (χ0) is 17.4. The molecule has 0 aliphatic carbocycles. The molecule has 6 nitrogen and oxygen atoms in total. The predicted molar refractivity (Wildman–Crippen MR) is 94.2 cm³/mol. The average molecular weight is 374 g/mol. The molecule has 1 amide bonds. The van der Waals surface area contributed by atoms with Crippen molar-refractivity contribution in [1.29, 1.82) is 0 Å². The van der Waals surface area contributed by atoms with Gasteiger partial charge in [-0.15, -0.1) is 0 Å². The van der Waals surface area contributed by atoms with E-state index in [0.717, 1.165) is 27.5 Å². The fraction of sp³-hybridized carbons (Fsp3) is 0.286. The number of benzene rings is 1. The molecule has 9 heteroatoms. The molecule has 0 radical (unpaired) electrons. The summed E-state index contributed by atoms with van der Waals surface area (Å²) in [6.45, 7) is 3.53. The van der Waals surface area contributed by atoms with E-state index >= 15 is 0 Å². The van der Waals surface area contributed by atoms with E-state index in [2.05, 4.69) is 10.3 Å². The van der Waals surface area contributed by atoms with Crippen molar-refractivity contribution in [2.75, 3.05) is 22.9 Å². The maximum atomic E-state index is 12.4. The van der Waals surface area contributed by atoms with Crippen LogP contribution >= 0.6 is 22.9 Å². The summed E-state index contributed by atoms with van der Waals surface area (Å²) in [7, 11) is -2.02. The summed E-state index contributed by atoms with van der Waals surface area (Å²) >= 11 is 7.06. The van der Waals surface area contributed by atoms with Gasteiger partial charge in [0, 0.05) is 17.8 Å². The van der Waals surface area contributed by atoms with Gasteiger partial charge in [-0.05, 0) is 31.5 Å². The third-order valence-corrected chi connectivity index (χ3v) is 6.11. The number of nitrogens with one attached hydrogen (secondary N) is 1. The number of carbonyl (C=O) groups excluding carboxylic acids is 1. The lowest BCUT2D eigenvalue weighted by atomic mass is 10.2. The van der Waals surface area contributed by atoms with Crippen molar-refractivity contribution in [2.45, 2.75) is 13.8 Å². The van der Waals surface area contributed by atoms with Gasteiger partial charge in [0.25, 0.3) is 5.91 Å². The highest BCUT2D eigenvalue weighted by Gasteiger charge is 2.21. The Hall–Kier alpha value is -1.64. The first-order chi connectivity index (χ1) is 10.6. The molecular formula is C14H16ClN3O3S2. The monoisotopic (exact) mass is 373 g/mol. The van der Waals surface area contributed by atoms with E-state index in [0.29, 0.717) is 21.3 Å². The van der Waals surface area contributed by atoms with Crippen LogP contribution in [0.25, 0.3) is 0 Å². The van der Waals surface area contributed by atoms with E-state index in [-0.39, 0.29) is 11.0 Å². The molecule has 1 aromatic carbocycles. The SMILES string of the molecule is Cc1ccc(NC(=O)c2sc(N(C)S(C)(=O)=O)nc2C)cc1Cl. The molecule has 0 bridgehead atoms. The summed E-state index contributed by atoms with van der Waals surface area (Å²) in [5, 5.41) is 3.54. The first-order valence-corrected chi connectivity index (χ1v) is 9.62. The van der Waals surface area contributed by atoms with E-state index in [1.165, 1.54) is 7.05 Å². The van der Waals surface area contributed by atoms with Crippen LogP contribution in [0.4, 0.5) is 10.8 Å². The highest BCUT2D eigenvalue weighted by molar-refractivity contribution is 7.92. The number of rotatable bonds is 4. The molecule has 0 saturated carbocycles. The Kier molecular flexibility index (Phi) is 4.98. The van der Waals surface area contributed by atoms with Gasteiger partial charge in [0.2, 0.25) is 10.0 Å². The minimum absolute atomic E-state index is 0.247. The van der Waals surface area contributed by atoms with Crippen molar-refractivity contribution in [3.05, 3.63) is 39.4 Å². The smallest absolute Gasteiger partial charge is 0.267 e. The first kappa shape index (κ1) is 17.7. The second-order valence-electron chi connectivity index (χ2n) is 5.06. The largest absolute Gasteiger partial charge is 0.321 e. The summed E-state index contributed by atoms with van der Waals surface area (Å²) in [6.07, 6.45) is 1.08. The Morgan fingerprint density at radius 3 is 2.57 bits per heavy atom. The molecule has 0 saturated heterocycles. The number of hydrogen-bond donors (Lipinski definition) is 1. The number of carbonyl (C=O) groups is 1. The molecule has 0 fully saturated rings. The number of anilines is 2. The van der Waals surface area contributed by atoms with Crippen molar-refractivity contribution in [2.24, 2.45) is 0 Å². The van der Waals surface area contributed by atoms with Crippen LogP contribution in [0.5, 0.6) is 0 Å². The first-order valence-electron chi connectivity index (χ1n) is 6.58. The maximum Gasteiger partial charge on any atom is 0.267 e. The molecule has 1 heterocycles. The minimum atomic E-state index is -3.42. The van der Waals surface area contributed by atoms with Crippen LogP contribution in [0.15, 0.2) is 18.2 Å². The lowest BCUT2D eigenvalue weighted by Gasteiger charge is -2.11. The third kappa shape index (κ3) is 4.01. The molecule has 2 aromatic rings. The minimum Gasteiger partial charge on any atom is -0.321 e. The molecule has 0 unspecified atom stereocenters. The van der Waals surface area contributed by atoms with Gasteiger partial charge >= 0.3 is 0 Å². The summed E-state index contributed by atoms with van der Waals surface area (Å²) in [4.78, 5) is 16.9. The Labute approximate surface area is 144 Å².